The molecule has 0 aliphatic carbocycles. The molecule has 3 rings (SSSR count). The predicted molar refractivity (Wildman–Crippen MR) is 107 cm³/mol. The number of hydrogen-bond acceptors (Lipinski definition) is 4. The Morgan fingerprint density at radius 2 is 2.00 bits per heavy atom. The summed E-state index contributed by atoms with van der Waals surface area (Å²) in [5.74, 6) is 2.45. The van der Waals surface area contributed by atoms with Crippen LogP contribution in [0.25, 0.3) is 6.08 Å². The third-order valence-electron chi connectivity index (χ3n) is 4.95. The van der Waals surface area contributed by atoms with E-state index in [2.05, 4.69) is 17.1 Å². The van der Waals surface area contributed by atoms with Gasteiger partial charge in [-0.1, -0.05) is 30.4 Å². The molecule has 1 aromatic heterocycles. The van der Waals surface area contributed by atoms with Crippen molar-refractivity contribution in [3.63, 3.8) is 0 Å². The van der Waals surface area contributed by atoms with Crippen molar-refractivity contribution in [1.82, 2.24) is 9.80 Å². The van der Waals surface area contributed by atoms with Crippen molar-refractivity contribution < 1.29 is 13.9 Å². The van der Waals surface area contributed by atoms with Crippen LogP contribution in [-0.4, -0.2) is 55.5 Å². The molecule has 0 N–H and O–H groups in total. The summed E-state index contributed by atoms with van der Waals surface area (Å²) in [4.78, 5) is 17.1. The molecule has 0 radical (unpaired) electrons. The second-order valence-electron chi connectivity index (χ2n) is 6.92. The lowest BCUT2D eigenvalue weighted by Gasteiger charge is -2.21. The number of amides is 1. The summed E-state index contributed by atoms with van der Waals surface area (Å²) in [7, 11) is 1.69. The minimum Gasteiger partial charge on any atom is -0.496 e. The molecule has 2 heterocycles. The van der Waals surface area contributed by atoms with Crippen LogP contribution >= 0.6 is 0 Å². The van der Waals surface area contributed by atoms with Crippen molar-refractivity contribution in [2.75, 3.05) is 39.8 Å². The SMILES string of the molecule is COc1ccccc1C=CCN1CCCN(C(=O)c2cc(C)oc2C)CC1. The molecule has 5 nitrogen and oxygen atoms in total. The molecule has 1 fully saturated rings. The van der Waals surface area contributed by atoms with Gasteiger partial charge in [-0.15, -0.1) is 0 Å². The van der Waals surface area contributed by atoms with E-state index in [1.54, 1.807) is 7.11 Å². The van der Waals surface area contributed by atoms with Gasteiger partial charge in [-0.2, -0.15) is 0 Å². The molecule has 0 spiro atoms. The highest BCUT2D eigenvalue weighted by molar-refractivity contribution is 5.95. The number of rotatable bonds is 5. The van der Waals surface area contributed by atoms with E-state index < -0.39 is 0 Å². The van der Waals surface area contributed by atoms with E-state index in [1.165, 1.54) is 0 Å². The summed E-state index contributed by atoms with van der Waals surface area (Å²) in [5, 5.41) is 0. The molecule has 1 aliphatic heterocycles. The van der Waals surface area contributed by atoms with Gasteiger partial charge in [-0.3, -0.25) is 9.69 Å². The fourth-order valence-electron chi connectivity index (χ4n) is 3.50. The van der Waals surface area contributed by atoms with E-state index in [1.807, 2.05) is 49.1 Å². The average molecular weight is 368 g/mol. The molecule has 27 heavy (non-hydrogen) atoms. The Kier molecular flexibility index (Phi) is 6.35. The first-order chi connectivity index (χ1) is 13.1. The van der Waals surface area contributed by atoms with E-state index in [0.29, 0.717) is 11.3 Å². The van der Waals surface area contributed by atoms with E-state index in [0.717, 1.165) is 56.2 Å². The Morgan fingerprint density at radius 3 is 2.74 bits per heavy atom. The molecule has 1 aliphatic rings. The number of hydrogen-bond donors (Lipinski definition) is 0. The second kappa shape index (κ2) is 8.91. The first-order valence-electron chi connectivity index (χ1n) is 9.46. The number of furan rings is 1. The summed E-state index contributed by atoms with van der Waals surface area (Å²) < 4.78 is 10.9. The third-order valence-corrected chi connectivity index (χ3v) is 4.95. The number of nitrogens with zero attached hydrogens (tertiary/aromatic N) is 2. The van der Waals surface area contributed by atoms with Crippen LogP contribution in [0.5, 0.6) is 5.75 Å². The Hall–Kier alpha value is -2.53. The average Bonchev–Trinajstić information content (AvgIpc) is 2.86. The van der Waals surface area contributed by atoms with Gasteiger partial charge in [-0.05, 0) is 32.4 Å². The standard InChI is InChI=1S/C22H28N2O3/c1-17-16-20(18(2)27-17)22(25)24-13-7-12-23(14-15-24)11-6-9-19-8-4-5-10-21(19)26-3/h4-6,8-10,16H,7,11-15H2,1-3H3. The van der Waals surface area contributed by atoms with Crippen molar-refractivity contribution in [3.8, 4) is 5.75 Å². The normalized spacial score (nSPS) is 15.9. The zero-order valence-corrected chi connectivity index (χ0v) is 16.4. The van der Waals surface area contributed by atoms with Crippen LogP contribution in [0.15, 0.2) is 40.8 Å². The molecule has 0 unspecified atom stereocenters. The van der Waals surface area contributed by atoms with E-state index >= 15 is 0 Å². The predicted octanol–water partition coefficient (Wildman–Crippen LogP) is 3.77. The highest BCUT2D eigenvalue weighted by atomic mass is 16.5. The zero-order chi connectivity index (χ0) is 19.2. The monoisotopic (exact) mass is 368 g/mol. The van der Waals surface area contributed by atoms with Gasteiger partial charge >= 0.3 is 0 Å². The number of methoxy groups -OCH3 is 1. The molecular formula is C22H28N2O3. The molecule has 0 atom stereocenters. The summed E-state index contributed by atoms with van der Waals surface area (Å²) in [6, 6.07) is 9.84. The number of aryl methyl sites for hydroxylation is 2. The van der Waals surface area contributed by atoms with Crippen LogP contribution in [-0.2, 0) is 0 Å². The van der Waals surface area contributed by atoms with Crippen LogP contribution in [0.1, 0.15) is 33.9 Å². The first-order valence-corrected chi connectivity index (χ1v) is 9.46. The number of benzene rings is 1. The maximum atomic E-state index is 12.8. The molecule has 2 aromatic rings. The number of carbonyl (C=O) groups is 1. The second-order valence-corrected chi connectivity index (χ2v) is 6.92. The molecule has 144 valence electrons. The van der Waals surface area contributed by atoms with Crippen molar-refractivity contribution in [2.45, 2.75) is 20.3 Å². The number of ether oxygens (including phenoxy) is 1. The van der Waals surface area contributed by atoms with Gasteiger partial charge in [0.15, 0.2) is 0 Å². The Morgan fingerprint density at radius 1 is 1.19 bits per heavy atom. The largest absolute Gasteiger partial charge is 0.496 e. The highest BCUT2D eigenvalue weighted by Crippen LogP contribution is 2.19. The summed E-state index contributed by atoms with van der Waals surface area (Å²) in [6.07, 6.45) is 5.24. The summed E-state index contributed by atoms with van der Waals surface area (Å²) in [6.45, 7) is 7.99. The number of para-hydroxylation sites is 1. The van der Waals surface area contributed by atoms with Crippen molar-refractivity contribution in [3.05, 3.63) is 59.1 Å². The Balaban J connectivity index is 1.56. The zero-order valence-electron chi connectivity index (χ0n) is 16.4. The van der Waals surface area contributed by atoms with Gasteiger partial charge in [0, 0.05) is 38.3 Å². The molecule has 1 aromatic carbocycles. The fraction of sp³-hybridized carbons (Fsp3) is 0.409. The van der Waals surface area contributed by atoms with E-state index in [4.69, 9.17) is 9.15 Å². The molecule has 0 bridgehead atoms. The first kappa shape index (κ1) is 19.2. The van der Waals surface area contributed by atoms with Crippen molar-refractivity contribution >= 4 is 12.0 Å². The molecule has 0 saturated carbocycles. The van der Waals surface area contributed by atoms with Crippen LogP contribution in [0, 0.1) is 13.8 Å². The summed E-state index contributed by atoms with van der Waals surface area (Å²) in [5.41, 5.74) is 1.77. The number of carbonyl (C=O) groups excluding carboxylic acids is 1. The van der Waals surface area contributed by atoms with E-state index in [-0.39, 0.29) is 5.91 Å². The molecular weight excluding hydrogens is 340 g/mol. The van der Waals surface area contributed by atoms with Gasteiger partial charge in [0.05, 0.1) is 12.7 Å². The summed E-state index contributed by atoms with van der Waals surface area (Å²) >= 11 is 0. The van der Waals surface area contributed by atoms with Gasteiger partial charge in [0.2, 0.25) is 0 Å². The highest BCUT2D eigenvalue weighted by Gasteiger charge is 2.22. The minimum atomic E-state index is 0.0794. The minimum absolute atomic E-state index is 0.0794. The van der Waals surface area contributed by atoms with Crippen molar-refractivity contribution in [2.24, 2.45) is 0 Å². The lowest BCUT2D eigenvalue weighted by molar-refractivity contribution is 0.0760. The topological polar surface area (TPSA) is 45.9 Å². The third kappa shape index (κ3) is 4.80. The van der Waals surface area contributed by atoms with Gasteiger partial charge in [0.1, 0.15) is 17.3 Å². The van der Waals surface area contributed by atoms with Crippen LogP contribution < -0.4 is 4.74 Å². The molecule has 1 saturated heterocycles. The van der Waals surface area contributed by atoms with Crippen molar-refractivity contribution in [1.29, 1.82) is 0 Å². The van der Waals surface area contributed by atoms with Gasteiger partial charge in [-0.25, -0.2) is 0 Å². The Bertz CT molecular complexity index is 810. The smallest absolute Gasteiger partial charge is 0.257 e. The maximum absolute atomic E-state index is 12.8. The van der Waals surface area contributed by atoms with Crippen LogP contribution in [0.3, 0.4) is 0 Å². The molecule has 1 amide bonds. The molecule has 5 heteroatoms. The lowest BCUT2D eigenvalue weighted by atomic mass is 10.2. The lowest BCUT2D eigenvalue weighted by Crippen LogP contribution is -2.35. The van der Waals surface area contributed by atoms with E-state index in [9.17, 15) is 4.79 Å². The fourth-order valence-corrected chi connectivity index (χ4v) is 3.50. The van der Waals surface area contributed by atoms with Gasteiger partial charge in [0.25, 0.3) is 5.91 Å². The van der Waals surface area contributed by atoms with Crippen LogP contribution in [0.4, 0.5) is 0 Å². The maximum Gasteiger partial charge on any atom is 0.257 e. The van der Waals surface area contributed by atoms with Crippen LogP contribution in [0.2, 0.25) is 0 Å². The Labute approximate surface area is 161 Å². The quantitative estimate of drug-likeness (QED) is 0.806. The van der Waals surface area contributed by atoms with Gasteiger partial charge < -0.3 is 14.1 Å².